The summed E-state index contributed by atoms with van der Waals surface area (Å²) in [6, 6.07) is 3.55. The zero-order valence-electron chi connectivity index (χ0n) is 16.5. The van der Waals surface area contributed by atoms with Crippen molar-refractivity contribution in [2.24, 2.45) is 0 Å². The summed E-state index contributed by atoms with van der Waals surface area (Å²) in [5.74, 6) is 0.0850. The molecule has 0 aromatic carbocycles. The summed E-state index contributed by atoms with van der Waals surface area (Å²) in [7, 11) is 0. The largest absolute Gasteiger partial charge is 0.461 e. The normalized spacial score (nSPS) is 11.1. The molecule has 2 aromatic rings. The zero-order chi connectivity index (χ0) is 20.1. The van der Waals surface area contributed by atoms with E-state index in [9.17, 15) is 9.59 Å². The van der Waals surface area contributed by atoms with Gasteiger partial charge >= 0.3 is 5.97 Å². The van der Waals surface area contributed by atoms with E-state index in [4.69, 9.17) is 9.15 Å². The van der Waals surface area contributed by atoms with E-state index < -0.39 is 5.97 Å². The van der Waals surface area contributed by atoms with Crippen LogP contribution >= 0.6 is 11.8 Å². The van der Waals surface area contributed by atoms with E-state index in [1.54, 1.807) is 24.0 Å². The molecule has 0 aliphatic rings. The fourth-order valence-electron chi connectivity index (χ4n) is 2.89. The molecule has 0 radical (unpaired) electrons. The first-order valence-corrected chi connectivity index (χ1v) is 9.93. The molecule has 2 rings (SSSR count). The van der Waals surface area contributed by atoms with Gasteiger partial charge in [-0.3, -0.25) is 4.79 Å². The van der Waals surface area contributed by atoms with Crippen molar-refractivity contribution in [3.63, 3.8) is 0 Å². The van der Waals surface area contributed by atoms with Gasteiger partial charge in [-0.2, -0.15) is 0 Å². The van der Waals surface area contributed by atoms with Crippen LogP contribution in [0.3, 0.4) is 0 Å². The summed E-state index contributed by atoms with van der Waals surface area (Å²) in [4.78, 5) is 35.4. The van der Waals surface area contributed by atoms with Crippen LogP contribution in [0.2, 0.25) is 0 Å². The first-order valence-electron chi connectivity index (χ1n) is 8.71. The molecule has 8 heteroatoms. The fourth-order valence-corrected chi connectivity index (χ4v) is 3.50. The Morgan fingerprint density at radius 2 is 1.89 bits per heavy atom. The van der Waals surface area contributed by atoms with E-state index in [0.717, 1.165) is 0 Å². The van der Waals surface area contributed by atoms with Crippen LogP contribution in [0.5, 0.6) is 0 Å². The van der Waals surface area contributed by atoms with Gasteiger partial charge in [-0.25, -0.2) is 14.8 Å². The molecule has 2 heterocycles. The molecule has 0 saturated heterocycles. The first kappa shape index (κ1) is 21.0. The molecule has 0 aliphatic heterocycles. The van der Waals surface area contributed by atoms with Crippen molar-refractivity contribution in [3.05, 3.63) is 29.7 Å². The third-order valence-corrected chi connectivity index (χ3v) is 4.61. The van der Waals surface area contributed by atoms with E-state index in [2.05, 4.69) is 9.97 Å². The Morgan fingerprint density at radius 1 is 1.22 bits per heavy atom. The minimum Gasteiger partial charge on any atom is -0.461 e. The summed E-state index contributed by atoms with van der Waals surface area (Å²) >= 11 is 1.31. The highest BCUT2D eigenvalue weighted by Gasteiger charge is 2.25. The zero-order valence-corrected chi connectivity index (χ0v) is 17.3. The number of furan rings is 1. The van der Waals surface area contributed by atoms with E-state index in [1.807, 2.05) is 34.0 Å². The molecular formula is C19H25N3O4S. The molecule has 0 saturated carbocycles. The Balaban J connectivity index is 2.20. The van der Waals surface area contributed by atoms with Gasteiger partial charge in [0.25, 0.3) is 5.91 Å². The van der Waals surface area contributed by atoms with Gasteiger partial charge in [0.1, 0.15) is 10.6 Å². The molecule has 146 valence electrons. The summed E-state index contributed by atoms with van der Waals surface area (Å²) in [5.41, 5.74) is 0.744. The SMILES string of the molecule is CSc1nc(-c2ccco2)nc(C)c1C(=O)OCC(=O)N(C(C)C)C(C)C. The lowest BCUT2D eigenvalue weighted by Crippen LogP contribution is -2.44. The van der Waals surface area contributed by atoms with E-state index >= 15 is 0 Å². The van der Waals surface area contributed by atoms with Crippen LogP contribution < -0.4 is 0 Å². The monoisotopic (exact) mass is 391 g/mol. The molecule has 27 heavy (non-hydrogen) atoms. The number of thioether (sulfide) groups is 1. The smallest absolute Gasteiger partial charge is 0.343 e. The minimum absolute atomic E-state index is 0.0237. The summed E-state index contributed by atoms with van der Waals surface area (Å²) < 4.78 is 10.6. The number of ether oxygens (including phenoxy) is 1. The molecule has 0 bridgehead atoms. The van der Waals surface area contributed by atoms with Crippen molar-refractivity contribution in [3.8, 4) is 11.6 Å². The maximum Gasteiger partial charge on any atom is 0.343 e. The van der Waals surface area contributed by atoms with E-state index in [0.29, 0.717) is 22.3 Å². The number of rotatable bonds is 7. The van der Waals surface area contributed by atoms with Gasteiger partial charge in [0, 0.05) is 12.1 Å². The lowest BCUT2D eigenvalue weighted by atomic mass is 10.2. The maximum absolute atomic E-state index is 12.6. The molecule has 0 aliphatic carbocycles. The van der Waals surface area contributed by atoms with Crippen LogP contribution in [-0.2, 0) is 9.53 Å². The molecule has 2 aromatic heterocycles. The molecular weight excluding hydrogens is 366 g/mol. The number of carbonyl (C=O) groups excluding carboxylic acids is 2. The Hall–Kier alpha value is -2.35. The van der Waals surface area contributed by atoms with Crippen LogP contribution in [0, 0.1) is 6.92 Å². The molecule has 7 nitrogen and oxygen atoms in total. The third-order valence-electron chi connectivity index (χ3n) is 3.92. The van der Waals surface area contributed by atoms with Gasteiger partial charge in [-0.15, -0.1) is 11.8 Å². The average molecular weight is 391 g/mol. The maximum atomic E-state index is 12.6. The van der Waals surface area contributed by atoms with Crippen LogP contribution in [0.15, 0.2) is 27.8 Å². The Morgan fingerprint density at radius 3 is 2.41 bits per heavy atom. The van der Waals surface area contributed by atoms with Gasteiger partial charge < -0.3 is 14.1 Å². The van der Waals surface area contributed by atoms with Crippen LogP contribution in [0.1, 0.15) is 43.7 Å². The van der Waals surface area contributed by atoms with Gasteiger partial charge in [0.15, 0.2) is 18.2 Å². The topological polar surface area (TPSA) is 85.5 Å². The summed E-state index contributed by atoms with van der Waals surface area (Å²) in [6.07, 6.45) is 3.35. The van der Waals surface area contributed by atoms with Crippen LogP contribution in [0.25, 0.3) is 11.6 Å². The number of amides is 1. The van der Waals surface area contributed by atoms with Gasteiger partial charge in [0.05, 0.1) is 12.0 Å². The lowest BCUT2D eigenvalue weighted by molar-refractivity contribution is -0.138. The number of nitrogens with zero attached hydrogens (tertiary/aromatic N) is 3. The molecule has 0 N–H and O–H groups in total. The molecule has 0 atom stereocenters. The molecule has 1 amide bonds. The number of carbonyl (C=O) groups is 2. The van der Waals surface area contributed by atoms with Gasteiger partial charge in [-0.1, -0.05) is 0 Å². The van der Waals surface area contributed by atoms with Crippen molar-refractivity contribution in [2.45, 2.75) is 51.7 Å². The van der Waals surface area contributed by atoms with E-state index in [-0.39, 0.29) is 30.2 Å². The second kappa shape index (κ2) is 9.03. The second-order valence-corrected chi connectivity index (χ2v) is 7.35. The minimum atomic E-state index is -0.608. The predicted molar refractivity (Wildman–Crippen MR) is 104 cm³/mol. The predicted octanol–water partition coefficient (Wildman–Crippen LogP) is 3.57. The lowest BCUT2D eigenvalue weighted by Gasteiger charge is -2.30. The molecule has 0 spiro atoms. The summed E-state index contributed by atoms with van der Waals surface area (Å²) in [6.45, 7) is 9.10. The molecule has 0 fully saturated rings. The van der Waals surface area contributed by atoms with Crippen molar-refractivity contribution in [1.29, 1.82) is 0 Å². The standard InChI is InChI=1S/C19H25N3O4S/c1-11(2)22(12(3)4)15(23)10-26-19(24)16-13(5)20-17(21-18(16)27-6)14-8-7-9-25-14/h7-9,11-12H,10H2,1-6H3. The van der Waals surface area contributed by atoms with E-state index in [1.165, 1.54) is 18.0 Å². The number of aromatic nitrogens is 2. The number of esters is 1. The van der Waals surface area contributed by atoms with Gasteiger partial charge in [0.2, 0.25) is 0 Å². The van der Waals surface area contributed by atoms with Crippen molar-refractivity contribution in [1.82, 2.24) is 14.9 Å². The van der Waals surface area contributed by atoms with Crippen molar-refractivity contribution < 1.29 is 18.7 Å². The Bertz CT molecular complexity index is 796. The highest BCUT2D eigenvalue weighted by molar-refractivity contribution is 7.98. The Labute approximate surface area is 163 Å². The quantitative estimate of drug-likeness (QED) is 0.405. The highest BCUT2D eigenvalue weighted by Crippen LogP contribution is 2.25. The number of hydrogen-bond acceptors (Lipinski definition) is 7. The first-order chi connectivity index (χ1) is 12.8. The summed E-state index contributed by atoms with van der Waals surface area (Å²) in [5, 5.41) is 0.482. The van der Waals surface area contributed by atoms with Gasteiger partial charge in [-0.05, 0) is 53.0 Å². The Kier molecular flexibility index (Phi) is 7.01. The second-order valence-electron chi connectivity index (χ2n) is 6.56. The molecule has 0 unspecified atom stereocenters. The number of aryl methyl sites for hydroxylation is 1. The number of hydrogen-bond donors (Lipinski definition) is 0. The van der Waals surface area contributed by atoms with Crippen LogP contribution in [0.4, 0.5) is 0 Å². The van der Waals surface area contributed by atoms with Crippen LogP contribution in [-0.4, -0.2) is 51.7 Å². The fraction of sp³-hybridized carbons (Fsp3) is 0.474. The highest BCUT2D eigenvalue weighted by atomic mass is 32.2. The van der Waals surface area contributed by atoms with Crippen molar-refractivity contribution in [2.75, 3.05) is 12.9 Å². The third kappa shape index (κ3) is 4.88. The average Bonchev–Trinajstić information content (AvgIpc) is 3.12. The van der Waals surface area contributed by atoms with Crippen molar-refractivity contribution >= 4 is 23.6 Å².